The Balaban J connectivity index is 2.03. The lowest BCUT2D eigenvalue weighted by Gasteiger charge is -2.32. The van der Waals surface area contributed by atoms with Gasteiger partial charge in [0, 0.05) is 30.2 Å². The molecule has 0 fully saturated rings. The second kappa shape index (κ2) is 13.9. The highest BCUT2D eigenvalue weighted by Crippen LogP contribution is 2.27. The molecule has 2 amide bonds. The van der Waals surface area contributed by atoms with Gasteiger partial charge < -0.3 is 10.2 Å². The van der Waals surface area contributed by atoms with E-state index in [1.54, 1.807) is 37.3 Å². The Hall–Kier alpha value is -3.96. The predicted octanol–water partition coefficient (Wildman–Crippen LogP) is 4.78. The molecular formula is C28H31ClN4O6S. The molecule has 0 unspecified atom stereocenters. The van der Waals surface area contributed by atoms with E-state index in [-0.39, 0.29) is 22.8 Å². The van der Waals surface area contributed by atoms with E-state index in [0.29, 0.717) is 17.1 Å². The minimum Gasteiger partial charge on any atom is -0.354 e. The SMILES string of the molecule is CCCCNC(=O)[C@@H](C)N(Cc1cccc(Cl)c1)C(=O)CN(c1cccc([N+](=O)[O-])c1)S(=O)(=O)c1ccccc1. The molecule has 0 aliphatic carbocycles. The van der Waals surface area contributed by atoms with Crippen molar-refractivity contribution >= 4 is 44.8 Å². The van der Waals surface area contributed by atoms with Crippen LogP contribution < -0.4 is 9.62 Å². The zero-order valence-corrected chi connectivity index (χ0v) is 23.8. The second-order valence-corrected chi connectivity index (χ2v) is 11.4. The number of hydrogen-bond acceptors (Lipinski definition) is 6. The van der Waals surface area contributed by atoms with Gasteiger partial charge in [-0.05, 0) is 49.2 Å². The Morgan fingerprint density at radius 3 is 2.38 bits per heavy atom. The number of anilines is 1. The summed E-state index contributed by atoms with van der Waals surface area (Å²) in [4.78, 5) is 38.8. The molecule has 3 rings (SSSR count). The highest BCUT2D eigenvalue weighted by atomic mass is 35.5. The third-order valence-corrected chi connectivity index (χ3v) is 8.20. The first-order chi connectivity index (χ1) is 19.0. The van der Waals surface area contributed by atoms with Crippen molar-refractivity contribution in [3.05, 3.63) is 99.6 Å². The Kier molecular flexibility index (Phi) is 10.6. The minimum absolute atomic E-state index is 0.0179. The van der Waals surface area contributed by atoms with Crippen LogP contribution in [0, 0.1) is 10.1 Å². The maximum Gasteiger partial charge on any atom is 0.271 e. The van der Waals surface area contributed by atoms with Gasteiger partial charge in [-0.1, -0.05) is 61.3 Å². The molecule has 12 heteroatoms. The number of carbonyl (C=O) groups is 2. The summed E-state index contributed by atoms with van der Waals surface area (Å²) in [5.74, 6) is -1.07. The fourth-order valence-electron chi connectivity index (χ4n) is 3.96. The van der Waals surface area contributed by atoms with Crippen molar-refractivity contribution in [3.63, 3.8) is 0 Å². The molecule has 0 saturated carbocycles. The average molecular weight is 587 g/mol. The number of carbonyl (C=O) groups excluding carboxylic acids is 2. The summed E-state index contributed by atoms with van der Waals surface area (Å²) in [6.07, 6.45) is 1.63. The zero-order valence-electron chi connectivity index (χ0n) is 22.2. The van der Waals surface area contributed by atoms with E-state index in [1.165, 1.54) is 47.4 Å². The summed E-state index contributed by atoms with van der Waals surface area (Å²) >= 11 is 6.14. The van der Waals surface area contributed by atoms with Gasteiger partial charge in [-0.15, -0.1) is 0 Å². The van der Waals surface area contributed by atoms with Gasteiger partial charge in [-0.25, -0.2) is 8.42 Å². The summed E-state index contributed by atoms with van der Waals surface area (Å²) in [7, 11) is -4.33. The van der Waals surface area contributed by atoms with E-state index in [9.17, 15) is 28.1 Å². The number of benzene rings is 3. The van der Waals surface area contributed by atoms with Gasteiger partial charge in [0.25, 0.3) is 15.7 Å². The molecule has 0 spiro atoms. The second-order valence-electron chi connectivity index (χ2n) is 9.07. The Labute approximate surface area is 238 Å². The smallest absolute Gasteiger partial charge is 0.271 e. The molecule has 40 heavy (non-hydrogen) atoms. The number of unbranched alkanes of at least 4 members (excludes halogenated alkanes) is 1. The van der Waals surface area contributed by atoms with Crippen molar-refractivity contribution in [2.75, 3.05) is 17.4 Å². The number of nitro benzene ring substituents is 1. The quantitative estimate of drug-likeness (QED) is 0.174. The highest BCUT2D eigenvalue weighted by Gasteiger charge is 2.33. The molecule has 0 saturated heterocycles. The third-order valence-electron chi connectivity index (χ3n) is 6.18. The molecule has 3 aromatic rings. The number of hydrogen-bond donors (Lipinski definition) is 1. The lowest BCUT2D eigenvalue weighted by Crippen LogP contribution is -2.51. The fourth-order valence-corrected chi connectivity index (χ4v) is 5.60. The molecule has 0 aromatic heterocycles. The van der Waals surface area contributed by atoms with E-state index < -0.39 is 39.3 Å². The Bertz CT molecular complexity index is 1450. The molecular weight excluding hydrogens is 556 g/mol. The van der Waals surface area contributed by atoms with Crippen molar-refractivity contribution in [1.29, 1.82) is 0 Å². The maximum atomic E-state index is 13.9. The lowest BCUT2D eigenvalue weighted by molar-refractivity contribution is -0.384. The zero-order chi connectivity index (χ0) is 29.3. The molecule has 0 heterocycles. The number of amides is 2. The van der Waals surface area contributed by atoms with Gasteiger partial charge >= 0.3 is 0 Å². The van der Waals surface area contributed by atoms with Crippen molar-refractivity contribution in [3.8, 4) is 0 Å². The molecule has 1 atom stereocenters. The molecule has 0 aliphatic rings. The van der Waals surface area contributed by atoms with Crippen molar-refractivity contribution in [2.24, 2.45) is 0 Å². The van der Waals surface area contributed by atoms with Crippen LogP contribution in [-0.2, 0) is 26.2 Å². The molecule has 1 N–H and O–H groups in total. The van der Waals surface area contributed by atoms with Gasteiger partial charge in [0.1, 0.15) is 12.6 Å². The number of nitro groups is 1. The number of nitrogens with zero attached hydrogens (tertiary/aromatic N) is 3. The largest absolute Gasteiger partial charge is 0.354 e. The normalized spacial score (nSPS) is 11.9. The lowest BCUT2D eigenvalue weighted by atomic mass is 10.1. The number of non-ortho nitro benzene ring substituents is 1. The van der Waals surface area contributed by atoms with Crippen LogP contribution in [0.3, 0.4) is 0 Å². The third kappa shape index (κ3) is 7.80. The summed E-state index contributed by atoms with van der Waals surface area (Å²) in [6.45, 7) is 3.26. The van der Waals surface area contributed by atoms with Crippen LogP contribution in [0.5, 0.6) is 0 Å². The summed E-state index contributed by atoms with van der Waals surface area (Å²) in [5.41, 5.74) is 0.244. The standard InChI is InChI=1S/C28H31ClN4O6S/c1-3-4-16-30-28(35)21(2)31(19-22-10-8-11-23(29)17-22)27(34)20-32(24-12-9-13-25(18-24)33(36)37)40(38,39)26-14-6-5-7-15-26/h5-15,17-18,21H,3-4,16,19-20H2,1-2H3,(H,30,35)/t21-/m1/s1. The first-order valence-corrected chi connectivity index (χ1v) is 14.5. The first kappa shape index (κ1) is 30.6. The number of sulfonamides is 1. The molecule has 0 aliphatic heterocycles. The average Bonchev–Trinajstić information content (AvgIpc) is 2.94. The monoisotopic (exact) mass is 586 g/mol. The van der Waals surface area contributed by atoms with E-state index in [1.807, 2.05) is 6.92 Å². The maximum absolute atomic E-state index is 13.9. The molecule has 212 valence electrons. The van der Waals surface area contributed by atoms with E-state index in [2.05, 4.69) is 5.32 Å². The van der Waals surface area contributed by atoms with Crippen molar-refractivity contribution in [2.45, 2.75) is 44.2 Å². The van der Waals surface area contributed by atoms with Gasteiger partial charge in [0.05, 0.1) is 15.5 Å². The van der Waals surface area contributed by atoms with Crippen LogP contribution in [0.4, 0.5) is 11.4 Å². The minimum atomic E-state index is -4.33. The highest BCUT2D eigenvalue weighted by molar-refractivity contribution is 7.92. The summed E-state index contributed by atoms with van der Waals surface area (Å²) in [5, 5.41) is 14.7. The fraction of sp³-hybridized carbons (Fsp3) is 0.286. The molecule has 0 bridgehead atoms. The Morgan fingerprint density at radius 2 is 1.73 bits per heavy atom. The van der Waals surface area contributed by atoms with Crippen LogP contribution in [0.15, 0.2) is 83.8 Å². The molecule has 3 aromatic carbocycles. The van der Waals surface area contributed by atoms with Crippen LogP contribution in [0.25, 0.3) is 0 Å². The van der Waals surface area contributed by atoms with Gasteiger partial charge in [-0.3, -0.25) is 24.0 Å². The Morgan fingerprint density at radius 1 is 1.02 bits per heavy atom. The summed E-state index contributed by atoms with van der Waals surface area (Å²) in [6, 6.07) is 18.3. The van der Waals surface area contributed by atoms with E-state index in [0.717, 1.165) is 23.2 Å². The van der Waals surface area contributed by atoms with Crippen LogP contribution in [0.1, 0.15) is 32.3 Å². The van der Waals surface area contributed by atoms with Crippen LogP contribution >= 0.6 is 11.6 Å². The number of halogens is 1. The van der Waals surface area contributed by atoms with Crippen LogP contribution in [0.2, 0.25) is 5.02 Å². The van der Waals surface area contributed by atoms with Gasteiger partial charge in [0.2, 0.25) is 11.8 Å². The first-order valence-electron chi connectivity index (χ1n) is 12.7. The number of nitrogens with one attached hydrogen (secondary N) is 1. The topological polar surface area (TPSA) is 130 Å². The van der Waals surface area contributed by atoms with Crippen molar-refractivity contribution < 1.29 is 22.9 Å². The van der Waals surface area contributed by atoms with Gasteiger partial charge in [-0.2, -0.15) is 0 Å². The van der Waals surface area contributed by atoms with Gasteiger partial charge in [0.15, 0.2) is 0 Å². The van der Waals surface area contributed by atoms with E-state index in [4.69, 9.17) is 11.6 Å². The van der Waals surface area contributed by atoms with Crippen molar-refractivity contribution in [1.82, 2.24) is 10.2 Å². The van der Waals surface area contributed by atoms with Crippen LogP contribution in [-0.4, -0.2) is 49.2 Å². The predicted molar refractivity (Wildman–Crippen MR) is 153 cm³/mol. The molecule has 10 nitrogen and oxygen atoms in total. The number of rotatable bonds is 13. The summed E-state index contributed by atoms with van der Waals surface area (Å²) < 4.78 is 28.3. The van der Waals surface area contributed by atoms with E-state index >= 15 is 0 Å². The molecule has 0 radical (unpaired) electrons.